The van der Waals surface area contributed by atoms with Crippen LogP contribution in [0.2, 0.25) is 0 Å². The van der Waals surface area contributed by atoms with Crippen LogP contribution in [-0.4, -0.2) is 31.8 Å². The van der Waals surface area contributed by atoms with Gasteiger partial charge in [0.1, 0.15) is 0 Å². The summed E-state index contributed by atoms with van der Waals surface area (Å²) in [4.78, 5) is 6.75. The van der Waals surface area contributed by atoms with Crippen LogP contribution in [0.25, 0.3) is 0 Å². The van der Waals surface area contributed by atoms with E-state index in [2.05, 4.69) is 22.9 Å². The minimum Gasteiger partial charge on any atom is -0.383 e. The Hall–Kier alpha value is -1.13. The Balaban J connectivity index is 3.07. The molecule has 0 bridgehead atoms. The second-order valence-electron chi connectivity index (χ2n) is 4.12. The maximum absolute atomic E-state index is 5.82. The smallest absolute Gasteiger partial charge is 0.0637 e. The topological polar surface area (TPSA) is 51.4 Å². The third-order valence-corrected chi connectivity index (χ3v) is 2.93. The number of nitrogens with zero attached hydrogens (tertiary/aromatic N) is 2. The first-order valence-electron chi connectivity index (χ1n) is 6.05. The van der Waals surface area contributed by atoms with Crippen LogP contribution in [0.3, 0.4) is 0 Å². The number of likely N-dealkylation sites (N-methyl/N-ethyl adjacent to an activating group) is 1. The third-order valence-electron chi connectivity index (χ3n) is 2.93. The number of ether oxygens (including phenoxy) is 1. The van der Waals surface area contributed by atoms with Crippen molar-refractivity contribution in [2.75, 3.05) is 31.7 Å². The minimum absolute atomic E-state index is 0.526. The second kappa shape index (κ2) is 6.57. The van der Waals surface area contributed by atoms with E-state index in [9.17, 15) is 0 Å². The molecule has 0 aliphatic carbocycles. The number of aromatic nitrogens is 1. The quantitative estimate of drug-likeness (QED) is 0.817. The molecule has 0 aliphatic rings. The van der Waals surface area contributed by atoms with E-state index in [4.69, 9.17) is 10.5 Å². The molecule has 0 unspecified atom stereocenters. The lowest BCUT2D eigenvalue weighted by molar-refractivity contribution is 0.205. The Labute approximate surface area is 104 Å². The molecule has 4 heteroatoms. The number of hydrogen-bond donors (Lipinski definition) is 1. The summed E-state index contributed by atoms with van der Waals surface area (Å²) in [6.45, 7) is 9.24. The Morgan fingerprint density at radius 3 is 2.65 bits per heavy atom. The van der Waals surface area contributed by atoms with Crippen molar-refractivity contribution >= 4 is 5.69 Å². The molecule has 0 fully saturated rings. The van der Waals surface area contributed by atoms with Crippen molar-refractivity contribution in [1.29, 1.82) is 0 Å². The van der Waals surface area contributed by atoms with Gasteiger partial charge in [-0.3, -0.25) is 4.98 Å². The molecule has 0 saturated heterocycles. The van der Waals surface area contributed by atoms with E-state index in [1.54, 1.807) is 7.11 Å². The highest BCUT2D eigenvalue weighted by Crippen LogP contribution is 2.23. The number of hydrogen-bond acceptors (Lipinski definition) is 4. The van der Waals surface area contributed by atoms with Gasteiger partial charge in [0.15, 0.2) is 0 Å². The second-order valence-corrected chi connectivity index (χ2v) is 4.12. The molecule has 0 amide bonds. The zero-order valence-corrected chi connectivity index (χ0v) is 11.3. The molecular weight excluding hydrogens is 214 g/mol. The standard InChI is InChI=1S/C13H23N3O/c1-5-16(6-7-17-4)13-8-10(2)15-11(3)12(13)9-14/h8H,5-7,9,14H2,1-4H3. The maximum atomic E-state index is 5.82. The first-order chi connectivity index (χ1) is 8.13. The first kappa shape index (κ1) is 13.9. The fourth-order valence-corrected chi connectivity index (χ4v) is 2.02. The molecule has 0 atom stereocenters. The Morgan fingerprint density at radius 2 is 2.12 bits per heavy atom. The summed E-state index contributed by atoms with van der Waals surface area (Å²) in [7, 11) is 1.72. The first-order valence-corrected chi connectivity index (χ1v) is 6.05. The van der Waals surface area contributed by atoms with Crippen molar-refractivity contribution in [1.82, 2.24) is 4.98 Å². The molecule has 17 heavy (non-hydrogen) atoms. The van der Waals surface area contributed by atoms with E-state index >= 15 is 0 Å². The molecule has 1 aromatic heterocycles. The van der Waals surface area contributed by atoms with E-state index in [0.29, 0.717) is 6.54 Å². The van der Waals surface area contributed by atoms with Crippen LogP contribution >= 0.6 is 0 Å². The highest BCUT2D eigenvalue weighted by Gasteiger charge is 2.12. The van der Waals surface area contributed by atoms with E-state index < -0.39 is 0 Å². The summed E-state index contributed by atoms with van der Waals surface area (Å²) in [5.74, 6) is 0. The third kappa shape index (κ3) is 3.41. The van der Waals surface area contributed by atoms with E-state index in [1.165, 1.54) is 5.69 Å². The monoisotopic (exact) mass is 237 g/mol. The number of pyridine rings is 1. The van der Waals surface area contributed by atoms with Crippen LogP contribution in [-0.2, 0) is 11.3 Å². The summed E-state index contributed by atoms with van der Waals surface area (Å²) in [5.41, 5.74) is 10.2. The van der Waals surface area contributed by atoms with Gasteiger partial charge in [0.25, 0.3) is 0 Å². The van der Waals surface area contributed by atoms with E-state index in [1.807, 2.05) is 13.8 Å². The van der Waals surface area contributed by atoms with Gasteiger partial charge in [-0.25, -0.2) is 0 Å². The lowest BCUT2D eigenvalue weighted by Crippen LogP contribution is -2.28. The van der Waals surface area contributed by atoms with Gasteiger partial charge in [-0.1, -0.05) is 0 Å². The number of aryl methyl sites for hydroxylation is 2. The molecule has 4 nitrogen and oxygen atoms in total. The molecular formula is C13H23N3O. The fourth-order valence-electron chi connectivity index (χ4n) is 2.02. The van der Waals surface area contributed by atoms with Gasteiger partial charge in [0.05, 0.1) is 6.61 Å². The molecule has 0 aliphatic heterocycles. The molecule has 0 spiro atoms. The van der Waals surface area contributed by atoms with Gasteiger partial charge >= 0.3 is 0 Å². The zero-order chi connectivity index (χ0) is 12.8. The fraction of sp³-hybridized carbons (Fsp3) is 0.615. The molecule has 96 valence electrons. The molecule has 2 N–H and O–H groups in total. The van der Waals surface area contributed by atoms with Crippen molar-refractivity contribution in [3.63, 3.8) is 0 Å². The maximum Gasteiger partial charge on any atom is 0.0637 e. The van der Waals surface area contributed by atoms with Crippen LogP contribution in [0, 0.1) is 13.8 Å². The zero-order valence-electron chi connectivity index (χ0n) is 11.3. The minimum atomic E-state index is 0.526. The lowest BCUT2D eigenvalue weighted by Gasteiger charge is -2.26. The van der Waals surface area contributed by atoms with Gasteiger partial charge in [0.2, 0.25) is 0 Å². The van der Waals surface area contributed by atoms with Crippen molar-refractivity contribution in [3.05, 3.63) is 23.0 Å². The average molecular weight is 237 g/mol. The summed E-state index contributed by atoms with van der Waals surface area (Å²) in [6.07, 6.45) is 0. The summed E-state index contributed by atoms with van der Waals surface area (Å²) in [5, 5.41) is 0. The Morgan fingerprint density at radius 1 is 1.41 bits per heavy atom. The lowest BCUT2D eigenvalue weighted by atomic mass is 10.1. The molecule has 0 aromatic carbocycles. The Bertz CT molecular complexity index is 366. The van der Waals surface area contributed by atoms with Gasteiger partial charge in [-0.2, -0.15) is 0 Å². The van der Waals surface area contributed by atoms with Crippen molar-refractivity contribution in [3.8, 4) is 0 Å². The van der Waals surface area contributed by atoms with Gasteiger partial charge < -0.3 is 15.4 Å². The van der Waals surface area contributed by atoms with Crippen molar-refractivity contribution in [2.24, 2.45) is 5.73 Å². The number of anilines is 1. The number of methoxy groups -OCH3 is 1. The number of nitrogens with two attached hydrogens (primary N) is 1. The van der Waals surface area contributed by atoms with Gasteiger partial charge in [-0.15, -0.1) is 0 Å². The van der Waals surface area contributed by atoms with Crippen LogP contribution in [0.4, 0.5) is 5.69 Å². The Kier molecular flexibility index (Phi) is 5.38. The molecule has 1 rings (SSSR count). The predicted octanol–water partition coefficient (Wildman–Crippen LogP) is 1.63. The normalized spacial score (nSPS) is 10.6. The molecule has 1 heterocycles. The van der Waals surface area contributed by atoms with Crippen LogP contribution < -0.4 is 10.6 Å². The largest absolute Gasteiger partial charge is 0.383 e. The van der Waals surface area contributed by atoms with Crippen LogP contribution in [0.5, 0.6) is 0 Å². The molecule has 1 aromatic rings. The summed E-state index contributed by atoms with van der Waals surface area (Å²) >= 11 is 0. The summed E-state index contributed by atoms with van der Waals surface area (Å²) < 4.78 is 5.14. The van der Waals surface area contributed by atoms with Crippen LogP contribution in [0.15, 0.2) is 6.07 Å². The van der Waals surface area contributed by atoms with Gasteiger partial charge in [-0.05, 0) is 26.8 Å². The van der Waals surface area contributed by atoms with Gasteiger partial charge in [0, 0.05) is 49.4 Å². The average Bonchev–Trinajstić information content (AvgIpc) is 2.29. The summed E-state index contributed by atoms with van der Waals surface area (Å²) in [6, 6.07) is 2.11. The van der Waals surface area contributed by atoms with Crippen LogP contribution in [0.1, 0.15) is 23.9 Å². The number of rotatable bonds is 6. The van der Waals surface area contributed by atoms with Crippen molar-refractivity contribution in [2.45, 2.75) is 27.3 Å². The van der Waals surface area contributed by atoms with E-state index in [-0.39, 0.29) is 0 Å². The van der Waals surface area contributed by atoms with E-state index in [0.717, 1.165) is 36.6 Å². The molecule has 0 radical (unpaired) electrons. The van der Waals surface area contributed by atoms with Crippen molar-refractivity contribution < 1.29 is 4.74 Å². The highest BCUT2D eigenvalue weighted by molar-refractivity contribution is 5.56. The molecule has 0 saturated carbocycles. The predicted molar refractivity (Wildman–Crippen MR) is 71.4 cm³/mol. The SMILES string of the molecule is CCN(CCOC)c1cc(C)nc(C)c1CN. The highest BCUT2D eigenvalue weighted by atomic mass is 16.5.